The lowest BCUT2D eigenvalue weighted by Gasteiger charge is -1.98. The van der Waals surface area contributed by atoms with Gasteiger partial charge in [0, 0.05) is 10.6 Å². The molecule has 0 fully saturated rings. The third-order valence-corrected chi connectivity index (χ3v) is 3.20. The van der Waals surface area contributed by atoms with Crippen LogP contribution in [0, 0.1) is 0 Å². The van der Waals surface area contributed by atoms with Crippen LogP contribution in [0.5, 0.6) is 0 Å². The average Bonchev–Trinajstić information content (AvgIpc) is 2.90. The number of carbonyl (C=O) groups is 1. The molecule has 1 aromatic heterocycles. The fourth-order valence-electron chi connectivity index (χ4n) is 1.90. The molecule has 2 aromatic carbocycles. The van der Waals surface area contributed by atoms with E-state index in [1.54, 1.807) is 48.5 Å². The van der Waals surface area contributed by atoms with Gasteiger partial charge in [-0.2, -0.15) is 0 Å². The van der Waals surface area contributed by atoms with Gasteiger partial charge in [-0.25, -0.2) is 0 Å². The Bertz CT molecular complexity index is 781. The van der Waals surface area contributed by atoms with Crippen molar-refractivity contribution >= 4 is 23.2 Å². The second-order valence-corrected chi connectivity index (χ2v) is 4.83. The van der Waals surface area contributed by atoms with E-state index in [0.29, 0.717) is 16.3 Å². The van der Waals surface area contributed by atoms with Crippen molar-refractivity contribution < 1.29 is 4.79 Å². The maximum atomic E-state index is 12.3. The number of rotatable bonds is 3. The molecule has 21 heavy (non-hydrogen) atoms. The number of ketones is 1. The van der Waals surface area contributed by atoms with Crippen LogP contribution < -0.4 is 5.73 Å². The van der Waals surface area contributed by atoms with Crippen LogP contribution in [0.25, 0.3) is 5.69 Å². The van der Waals surface area contributed by atoms with E-state index in [4.69, 9.17) is 17.3 Å². The first kappa shape index (κ1) is 13.3. The Kier molecular flexibility index (Phi) is 3.41. The van der Waals surface area contributed by atoms with Gasteiger partial charge in [-0.3, -0.25) is 4.79 Å². The van der Waals surface area contributed by atoms with Gasteiger partial charge >= 0.3 is 0 Å². The van der Waals surface area contributed by atoms with Crippen LogP contribution in [0.1, 0.15) is 16.1 Å². The minimum atomic E-state index is -0.256. The molecule has 0 aliphatic heterocycles. The molecule has 2 N–H and O–H groups in total. The second-order valence-electron chi connectivity index (χ2n) is 4.39. The number of nitrogen functional groups attached to an aromatic ring is 1. The van der Waals surface area contributed by atoms with Crippen molar-refractivity contribution in [3.05, 3.63) is 70.9 Å². The maximum absolute atomic E-state index is 12.3. The molecule has 0 aliphatic rings. The van der Waals surface area contributed by atoms with Crippen LogP contribution in [0.2, 0.25) is 5.02 Å². The van der Waals surface area contributed by atoms with E-state index in [2.05, 4.69) is 10.2 Å². The Morgan fingerprint density at radius 3 is 2.33 bits per heavy atom. The molecular weight excluding hydrogens is 288 g/mol. The zero-order valence-electron chi connectivity index (χ0n) is 10.9. The monoisotopic (exact) mass is 298 g/mol. The highest BCUT2D eigenvalue weighted by Gasteiger charge is 2.18. The number of nitrogens with zero attached hydrogens (tertiary/aromatic N) is 3. The van der Waals surface area contributed by atoms with Crippen molar-refractivity contribution in [2.45, 2.75) is 0 Å². The van der Waals surface area contributed by atoms with Crippen LogP contribution in [-0.4, -0.2) is 20.8 Å². The molecule has 0 spiro atoms. The van der Waals surface area contributed by atoms with E-state index < -0.39 is 0 Å². The van der Waals surface area contributed by atoms with Gasteiger partial charge in [0.15, 0.2) is 11.5 Å². The topological polar surface area (TPSA) is 73.8 Å². The molecule has 3 rings (SSSR count). The van der Waals surface area contributed by atoms with E-state index in [9.17, 15) is 4.79 Å². The summed E-state index contributed by atoms with van der Waals surface area (Å²) in [7, 11) is 0. The van der Waals surface area contributed by atoms with Crippen molar-refractivity contribution in [1.82, 2.24) is 15.0 Å². The highest BCUT2D eigenvalue weighted by molar-refractivity contribution is 6.30. The summed E-state index contributed by atoms with van der Waals surface area (Å²) in [6.45, 7) is 0. The molecule has 6 heteroatoms. The van der Waals surface area contributed by atoms with Crippen LogP contribution in [0.15, 0.2) is 54.6 Å². The lowest BCUT2D eigenvalue weighted by molar-refractivity contribution is 0.103. The molecule has 0 radical (unpaired) electrons. The molecule has 1 heterocycles. The van der Waals surface area contributed by atoms with Crippen LogP contribution >= 0.6 is 11.6 Å². The van der Waals surface area contributed by atoms with Crippen LogP contribution in [-0.2, 0) is 0 Å². The van der Waals surface area contributed by atoms with E-state index in [1.165, 1.54) is 4.80 Å². The van der Waals surface area contributed by atoms with Gasteiger partial charge in [-0.05, 0) is 24.3 Å². The van der Waals surface area contributed by atoms with E-state index >= 15 is 0 Å². The smallest absolute Gasteiger partial charge is 0.217 e. The van der Waals surface area contributed by atoms with E-state index in [1.807, 2.05) is 6.07 Å². The summed E-state index contributed by atoms with van der Waals surface area (Å²) in [6, 6.07) is 15.8. The zero-order valence-corrected chi connectivity index (χ0v) is 11.7. The average molecular weight is 299 g/mol. The summed E-state index contributed by atoms with van der Waals surface area (Å²) >= 11 is 5.84. The molecule has 5 nitrogen and oxygen atoms in total. The first-order chi connectivity index (χ1) is 10.1. The second kappa shape index (κ2) is 5.38. The van der Waals surface area contributed by atoms with Crippen molar-refractivity contribution in [2.24, 2.45) is 0 Å². The summed E-state index contributed by atoms with van der Waals surface area (Å²) in [5.41, 5.74) is 7.14. The van der Waals surface area contributed by atoms with E-state index in [0.717, 1.165) is 0 Å². The van der Waals surface area contributed by atoms with Gasteiger partial charge in [-0.15, -0.1) is 15.0 Å². The third kappa shape index (κ3) is 2.64. The molecule has 104 valence electrons. The first-order valence-corrected chi connectivity index (χ1v) is 6.61. The Hall–Kier alpha value is -2.66. The van der Waals surface area contributed by atoms with Gasteiger partial charge in [0.1, 0.15) is 0 Å². The molecule has 3 aromatic rings. The number of aromatic nitrogens is 3. The fraction of sp³-hybridized carbons (Fsp3) is 0. The zero-order chi connectivity index (χ0) is 14.8. The molecule has 0 atom stereocenters. The number of hydrogen-bond acceptors (Lipinski definition) is 4. The Morgan fingerprint density at radius 1 is 1.00 bits per heavy atom. The van der Waals surface area contributed by atoms with Gasteiger partial charge in [-0.1, -0.05) is 41.9 Å². The number of halogens is 1. The molecule has 0 amide bonds. The van der Waals surface area contributed by atoms with Gasteiger partial charge < -0.3 is 5.73 Å². The number of hydrogen-bond donors (Lipinski definition) is 1. The number of benzene rings is 2. The van der Waals surface area contributed by atoms with Crippen LogP contribution in [0.3, 0.4) is 0 Å². The fourth-order valence-corrected chi connectivity index (χ4v) is 2.02. The predicted molar refractivity (Wildman–Crippen MR) is 80.7 cm³/mol. The Morgan fingerprint density at radius 2 is 1.67 bits per heavy atom. The normalized spacial score (nSPS) is 10.5. The highest BCUT2D eigenvalue weighted by Crippen LogP contribution is 2.16. The van der Waals surface area contributed by atoms with E-state index in [-0.39, 0.29) is 17.3 Å². The summed E-state index contributed by atoms with van der Waals surface area (Å²) in [4.78, 5) is 13.7. The first-order valence-electron chi connectivity index (χ1n) is 6.23. The van der Waals surface area contributed by atoms with Gasteiger partial charge in [0.2, 0.25) is 5.78 Å². The highest BCUT2D eigenvalue weighted by atomic mass is 35.5. The quantitative estimate of drug-likeness (QED) is 0.755. The Balaban J connectivity index is 1.98. The molecule has 0 unspecified atom stereocenters. The summed E-state index contributed by atoms with van der Waals surface area (Å²) in [5.74, 6) is -0.160. The number of carbonyl (C=O) groups excluding carboxylic acids is 1. The summed E-state index contributed by atoms with van der Waals surface area (Å²) in [6.07, 6.45) is 0. The third-order valence-electron chi connectivity index (χ3n) is 2.95. The molecule has 0 saturated carbocycles. The molecule has 0 saturated heterocycles. The van der Waals surface area contributed by atoms with Crippen molar-refractivity contribution in [3.63, 3.8) is 0 Å². The van der Waals surface area contributed by atoms with Crippen molar-refractivity contribution in [2.75, 3.05) is 5.73 Å². The standard InChI is InChI=1S/C15H11ClN4O/c16-11-6-8-12(9-7-11)20-18-13(15(17)19-20)14(21)10-4-2-1-3-5-10/h1-9H,(H2,17,19). The number of nitrogens with two attached hydrogens (primary N) is 1. The Labute approximate surface area is 126 Å². The molecule has 0 bridgehead atoms. The van der Waals surface area contributed by atoms with Crippen LogP contribution in [0.4, 0.5) is 5.82 Å². The maximum Gasteiger partial charge on any atom is 0.217 e. The summed E-state index contributed by atoms with van der Waals surface area (Å²) < 4.78 is 0. The van der Waals surface area contributed by atoms with Crippen molar-refractivity contribution in [1.29, 1.82) is 0 Å². The van der Waals surface area contributed by atoms with Crippen molar-refractivity contribution in [3.8, 4) is 5.69 Å². The minimum absolute atomic E-state index is 0.0961. The lowest BCUT2D eigenvalue weighted by Crippen LogP contribution is -2.05. The number of anilines is 1. The SMILES string of the molecule is Nc1nn(-c2ccc(Cl)cc2)nc1C(=O)c1ccccc1. The van der Waals surface area contributed by atoms with Gasteiger partial charge in [0.05, 0.1) is 5.69 Å². The summed E-state index contributed by atoms with van der Waals surface area (Å²) in [5, 5.41) is 8.86. The molecule has 0 aliphatic carbocycles. The van der Waals surface area contributed by atoms with Gasteiger partial charge in [0.25, 0.3) is 0 Å². The predicted octanol–water partition coefficient (Wildman–Crippen LogP) is 2.73. The molecular formula is C15H11ClN4O. The largest absolute Gasteiger partial charge is 0.380 e. The lowest BCUT2D eigenvalue weighted by atomic mass is 10.1. The minimum Gasteiger partial charge on any atom is -0.380 e.